The van der Waals surface area contributed by atoms with E-state index in [2.05, 4.69) is 22.0 Å². The number of nitrogens with zero attached hydrogens (tertiary/aromatic N) is 2. The Morgan fingerprint density at radius 1 is 1.21 bits per heavy atom. The summed E-state index contributed by atoms with van der Waals surface area (Å²) in [5.74, 6) is 0.0391. The number of benzene rings is 2. The topological polar surface area (TPSA) is 42.3 Å². The number of fused-ring (bicyclic) bond motifs is 2. The van der Waals surface area contributed by atoms with Gasteiger partial charge in [0.2, 0.25) is 5.91 Å². The Labute approximate surface area is 147 Å². The number of rotatable bonds is 3. The molecule has 1 amide bonds. The molecule has 4 nitrogen and oxygen atoms in total. The molecule has 2 aromatic carbocycles. The number of hydrogen-bond donors (Lipinski definition) is 0. The Bertz CT molecular complexity index is 961. The Morgan fingerprint density at radius 2 is 2.04 bits per heavy atom. The molecule has 1 aromatic heterocycles. The summed E-state index contributed by atoms with van der Waals surface area (Å²) in [5.41, 5.74) is 3.69. The van der Waals surface area contributed by atoms with Crippen LogP contribution in [-0.4, -0.2) is 23.3 Å². The van der Waals surface area contributed by atoms with E-state index >= 15 is 0 Å². The third-order valence-electron chi connectivity index (χ3n) is 4.49. The molecule has 0 fully saturated rings. The zero-order chi connectivity index (χ0) is 16.7. The zero-order valence-corrected chi connectivity index (χ0v) is 14.5. The molecule has 1 aliphatic rings. The van der Waals surface area contributed by atoms with Crippen LogP contribution < -0.4 is 4.90 Å². The van der Waals surface area contributed by atoms with E-state index in [0.29, 0.717) is 12.1 Å². The van der Waals surface area contributed by atoms with Gasteiger partial charge in [-0.3, -0.25) is 9.59 Å². The lowest BCUT2D eigenvalue weighted by Crippen LogP contribution is -2.32. The van der Waals surface area contributed by atoms with E-state index in [1.165, 1.54) is 5.56 Å². The summed E-state index contributed by atoms with van der Waals surface area (Å²) >= 11 is 3.43. The second kappa shape index (κ2) is 5.91. The highest BCUT2D eigenvalue weighted by molar-refractivity contribution is 9.10. The quantitative estimate of drug-likeness (QED) is 0.646. The monoisotopic (exact) mass is 382 g/mol. The maximum atomic E-state index is 12.8. The minimum Gasteiger partial charge on any atom is -0.337 e. The lowest BCUT2D eigenvalue weighted by Gasteiger charge is -2.18. The Balaban J connectivity index is 1.68. The normalized spacial score (nSPS) is 13.3. The predicted molar refractivity (Wildman–Crippen MR) is 97.5 cm³/mol. The molecule has 24 heavy (non-hydrogen) atoms. The van der Waals surface area contributed by atoms with Crippen molar-refractivity contribution in [3.63, 3.8) is 0 Å². The second-order valence-electron chi connectivity index (χ2n) is 5.92. The Morgan fingerprint density at radius 3 is 2.88 bits per heavy atom. The van der Waals surface area contributed by atoms with Crippen molar-refractivity contribution in [1.29, 1.82) is 0 Å². The number of carbonyl (C=O) groups is 2. The SMILES string of the molecule is O=Cc1cn(CC(=O)N2CCc3ccccc32)c2ccc(Br)cc12. The van der Waals surface area contributed by atoms with Gasteiger partial charge in [-0.25, -0.2) is 0 Å². The van der Waals surface area contributed by atoms with Crippen molar-refractivity contribution in [2.75, 3.05) is 11.4 Å². The van der Waals surface area contributed by atoms with Crippen LogP contribution in [0.2, 0.25) is 0 Å². The molecule has 0 unspecified atom stereocenters. The number of carbonyl (C=O) groups excluding carboxylic acids is 2. The number of halogens is 1. The van der Waals surface area contributed by atoms with E-state index in [0.717, 1.165) is 33.8 Å². The van der Waals surface area contributed by atoms with Gasteiger partial charge in [-0.15, -0.1) is 0 Å². The summed E-state index contributed by atoms with van der Waals surface area (Å²) in [6, 6.07) is 13.8. The number of para-hydroxylation sites is 1. The van der Waals surface area contributed by atoms with Crippen LogP contribution in [-0.2, 0) is 17.8 Å². The first kappa shape index (κ1) is 15.1. The third kappa shape index (κ3) is 2.45. The summed E-state index contributed by atoms with van der Waals surface area (Å²) in [6.45, 7) is 0.934. The van der Waals surface area contributed by atoms with E-state index in [-0.39, 0.29) is 12.5 Å². The van der Waals surface area contributed by atoms with Crippen LogP contribution >= 0.6 is 15.9 Å². The molecular weight excluding hydrogens is 368 g/mol. The molecule has 0 atom stereocenters. The van der Waals surface area contributed by atoms with Gasteiger partial charge < -0.3 is 9.47 Å². The second-order valence-corrected chi connectivity index (χ2v) is 6.83. The summed E-state index contributed by atoms with van der Waals surface area (Å²) < 4.78 is 2.77. The fraction of sp³-hybridized carbons (Fsp3) is 0.158. The minimum absolute atomic E-state index is 0.0391. The number of hydrogen-bond acceptors (Lipinski definition) is 2. The smallest absolute Gasteiger partial charge is 0.246 e. The van der Waals surface area contributed by atoms with Gasteiger partial charge >= 0.3 is 0 Å². The lowest BCUT2D eigenvalue weighted by molar-refractivity contribution is -0.119. The van der Waals surface area contributed by atoms with Crippen molar-refractivity contribution in [3.8, 4) is 0 Å². The van der Waals surface area contributed by atoms with E-state index in [1.54, 1.807) is 6.20 Å². The third-order valence-corrected chi connectivity index (χ3v) is 4.99. The molecule has 120 valence electrons. The van der Waals surface area contributed by atoms with Crippen LogP contribution in [0.4, 0.5) is 5.69 Å². The van der Waals surface area contributed by atoms with Gasteiger partial charge in [0, 0.05) is 39.4 Å². The van der Waals surface area contributed by atoms with Crippen LogP contribution in [0.15, 0.2) is 53.1 Å². The molecule has 2 heterocycles. The molecule has 0 N–H and O–H groups in total. The standard InChI is InChI=1S/C19H15BrN2O2/c20-15-5-6-18-16(9-15)14(12-23)10-21(18)11-19(24)22-8-7-13-3-1-2-4-17(13)22/h1-6,9-10,12H,7-8,11H2. The van der Waals surface area contributed by atoms with Crippen LogP contribution in [0.25, 0.3) is 10.9 Å². The van der Waals surface area contributed by atoms with E-state index in [4.69, 9.17) is 0 Å². The molecular formula is C19H15BrN2O2. The number of amides is 1. The van der Waals surface area contributed by atoms with Crippen LogP contribution in [0.1, 0.15) is 15.9 Å². The lowest BCUT2D eigenvalue weighted by atomic mass is 10.2. The Kier molecular flexibility index (Phi) is 3.73. The Hall–Kier alpha value is -2.40. The molecule has 1 aliphatic heterocycles. The molecule has 0 spiro atoms. The van der Waals surface area contributed by atoms with Gasteiger partial charge in [-0.1, -0.05) is 34.1 Å². The number of aldehydes is 1. The van der Waals surface area contributed by atoms with Gasteiger partial charge in [0.05, 0.1) is 0 Å². The molecule has 0 saturated heterocycles. The highest BCUT2D eigenvalue weighted by atomic mass is 79.9. The molecule has 4 rings (SSSR count). The highest BCUT2D eigenvalue weighted by Gasteiger charge is 2.24. The molecule has 0 aliphatic carbocycles. The molecule has 0 radical (unpaired) electrons. The number of anilines is 1. The zero-order valence-electron chi connectivity index (χ0n) is 12.9. The van der Waals surface area contributed by atoms with E-state index in [1.807, 2.05) is 45.9 Å². The minimum atomic E-state index is 0.0391. The molecule has 3 aromatic rings. The van der Waals surface area contributed by atoms with E-state index < -0.39 is 0 Å². The average Bonchev–Trinajstić information content (AvgIpc) is 3.16. The molecule has 5 heteroatoms. The van der Waals surface area contributed by atoms with Crippen molar-refractivity contribution in [2.24, 2.45) is 0 Å². The van der Waals surface area contributed by atoms with Crippen molar-refractivity contribution < 1.29 is 9.59 Å². The maximum Gasteiger partial charge on any atom is 0.246 e. The first-order chi connectivity index (χ1) is 11.7. The molecule has 0 bridgehead atoms. The summed E-state index contributed by atoms with van der Waals surface area (Å²) in [5, 5.41) is 0.856. The largest absolute Gasteiger partial charge is 0.337 e. The van der Waals surface area contributed by atoms with Gasteiger partial charge in [-0.2, -0.15) is 0 Å². The fourth-order valence-corrected chi connectivity index (χ4v) is 3.71. The van der Waals surface area contributed by atoms with Gasteiger partial charge in [-0.05, 0) is 36.2 Å². The van der Waals surface area contributed by atoms with Crippen LogP contribution in [0.5, 0.6) is 0 Å². The van der Waals surface area contributed by atoms with Crippen molar-refractivity contribution in [2.45, 2.75) is 13.0 Å². The average molecular weight is 383 g/mol. The van der Waals surface area contributed by atoms with Crippen molar-refractivity contribution in [3.05, 3.63) is 64.3 Å². The van der Waals surface area contributed by atoms with Gasteiger partial charge in [0.1, 0.15) is 6.54 Å². The fourth-order valence-electron chi connectivity index (χ4n) is 3.35. The van der Waals surface area contributed by atoms with Gasteiger partial charge in [0.25, 0.3) is 0 Å². The van der Waals surface area contributed by atoms with Crippen LogP contribution in [0, 0.1) is 0 Å². The van der Waals surface area contributed by atoms with Crippen molar-refractivity contribution >= 4 is 44.7 Å². The van der Waals surface area contributed by atoms with Gasteiger partial charge in [0.15, 0.2) is 6.29 Å². The van der Waals surface area contributed by atoms with Crippen molar-refractivity contribution in [1.82, 2.24) is 4.57 Å². The molecule has 0 saturated carbocycles. The first-order valence-electron chi connectivity index (χ1n) is 7.79. The van der Waals surface area contributed by atoms with Crippen LogP contribution in [0.3, 0.4) is 0 Å². The summed E-state index contributed by atoms with van der Waals surface area (Å²) in [4.78, 5) is 26.0. The first-order valence-corrected chi connectivity index (χ1v) is 8.58. The van der Waals surface area contributed by atoms with E-state index in [9.17, 15) is 9.59 Å². The summed E-state index contributed by atoms with van der Waals surface area (Å²) in [7, 11) is 0. The maximum absolute atomic E-state index is 12.8. The highest BCUT2D eigenvalue weighted by Crippen LogP contribution is 2.29. The summed E-state index contributed by atoms with van der Waals surface area (Å²) in [6.07, 6.45) is 3.48. The predicted octanol–water partition coefficient (Wildman–Crippen LogP) is 3.81. The number of aromatic nitrogens is 1.